The number of alkyl halides is 3. The summed E-state index contributed by atoms with van der Waals surface area (Å²) in [4.78, 5) is 14.2. The van der Waals surface area contributed by atoms with Gasteiger partial charge in [0.25, 0.3) is 0 Å². The van der Waals surface area contributed by atoms with Crippen molar-refractivity contribution in [2.24, 2.45) is 0 Å². The number of aromatic nitrogens is 1. The molecule has 0 bridgehead atoms. The number of phenolic OH excluding ortho intramolecular Hbond substituents is 1. The zero-order valence-electron chi connectivity index (χ0n) is 16.4. The first-order valence-corrected chi connectivity index (χ1v) is 9.75. The summed E-state index contributed by atoms with van der Waals surface area (Å²) >= 11 is 0. The summed E-state index contributed by atoms with van der Waals surface area (Å²) in [6, 6.07) is 7.71. The molecule has 0 fully saturated rings. The highest BCUT2D eigenvalue weighted by molar-refractivity contribution is 5.91. The average molecular weight is 436 g/mol. The summed E-state index contributed by atoms with van der Waals surface area (Å²) in [6.07, 6.45) is -5.57. The summed E-state index contributed by atoms with van der Waals surface area (Å²) < 4.78 is 56.5. The lowest BCUT2D eigenvalue weighted by molar-refractivity contribution is -0.272. The highest BCUT2D eigenvalue weighted by Crippen LogP contribution is 2.55. The fourth-order valence-corrected chi connectivity index (χ4v) is 4.42. The minimum atomic E-state index is -5.00. The second kappa shape index (κ2) is 7.26. The van der Waals surface area contributed by atoms with Crippen LogP contribution in [0.4, 0.5) is 23.2 Å². The predicted molar refractivity (Wildman–Crippen MR) is 108 cm³/mol. The van der Waals surface area contributed by atoms with Gasteiger partial charge in [0.05, 0.1) is 11.6 Å². The Hall–Kier alpha value is -3.07. The number of aliphatic hydroxyl groups is 1. The van der Waals surface area contributed by atoms with Crippen LogP contribution in [0.25, 0.3) is 10.9 Å². The Morgan fingerprint density at radius 3 is 2.61 bits per heavy atom. The molecular formula is C22H20F4N2O3. The first kappa shape index (κ1) is 21.2. The van der Waals surface area contributed by atoms with E-state index in [1.807, 2.05) is 0 Å². The summed E-state index contributed by atoms with van der Waals surface area (Å²) in [7, 11) is 0. The molecule has 0 amide bonds. The number of fused-ring (bicyclic) bond motifs is 2. The van der Waals surface area contributed by atoms with Crippen molar-refractivity contribution in [3.05, 3.63) is 69.8 Å². The maximum Gasteiger partial charge on any atom is 0.419 e. The highest BCUT2D eigenvalue weighted by atomic mass is 19.4. The lowest BCUT2D eigenvalue weighted by Crippen LogP contribution is -2.55. The molecule has 164 valence electrons. The first-order chi connectivity index (χ1) is 14.6. The van der Waals surface area contributed by atoms with E-state index in [0.29, 0.717) is 10.9 Å². The Labute approximate surface area is 174 Å². The zero-order chi connectivity index (χ0) is 22.6. The highest BCUT2D eigenvalue weighted by Gasteiger charge is 2.62. The number of aromatic amines is 1. The van der Waals surface area contributed by atoms with Crippen LogP contribution in [0.2, 0.25) is 0 Å². The minimum Gasteiger partial charge on any atom is -0.505 e. The van der Waals surface area contributed by atoms with Crippen molar-refractivity contribution in [1.29, 1.82) is 0 Å². The molecule has 1 aromatic heterocycles. The van der Waals surface area contributed by atoms with Gasteiger partial charge in [0, 0.05) is 22.7 Å². The largest absolute Gasteiger partial charge is 0.505 e. The van der Waals surface area contributed by atoms with Gasteiger partial charge in [-0.15, -0.1) is 0 Å². The SMILES string of the molecule is CC[C@H]1C[C@](O)(C(F)(F)F)[C@@H](Nc2cccc3[nH]c(=O)ccc23)c2ccc(F)c(O)c21. The summed E-state index contributed by atoms with van der Waals surface area (Å²) in [5.41, 5.74) is -2.87. The van der Waals surface area contributed by atoms with Gasteiger partial charge in [0.15, 0.2) is 17.2 Å². The van der Waals surface area contributed by atoms with Gasteiger partial charge in [-0.1, -0.05) is 19.1 Å². The fourth-order valence-electron chi connectivity index (χ4n) is 4.42. The molecular weight excluding hydrogens is 416 g/mol. The number of hydrogen-bond donors (Lipinski definition) is 4. The fraction of sp³-hybridized carbons (Fsp3) is 0.318. The van der Waals surface area contributed by atoms with Crippen LogP contribution in [-0.4, -0.2) is 27.0 Å². The number of nitrogens with one attached hydrogen (secondary N) is 2. The van der Waals surface area contributed by atoms with Crippen LogP contribution in [0.1, 0.15) is 42.9 Å². The van der Waals surface area contributed by atoms with Crippen molar-refractivity contribution < 1.29 is 27.8 Å². The Morgan fingerprint density at radius 2 is 1.94 bits per heavy atom. The number of anilines is 1. The van der Waals surface area contributed by atoms with E-state index in [-0.39, 0.29) is 28.8 Å². The molecule has 0 spiro atoms. The molecule has 31 heavy (non-hydrogen) atoms. The predicted octanol–water partition coefficient (Wildman–Crippen LogP) is 4.72. The van der Waals surface area contributed by atoms with E-state index in [0.717, 1.165) is 12.1 Å². The second-order valence-electron chi connectivity index (χ2n) is 7.80. The minimum absolute atomic E-state index is 0.0294. The van der Waals surface area contributed by atoms with Gasteiger partial charge in [-0.25, -0.2) is 4.39 Å². The maximum absolute atomic E-state index is 14.2. The van der Waals surface area contributed by atoms with Crippen molar-refractivity contribution in [3.8, 4) is 5.75 Å². The van der Waals surface area contributed by atoms with E-state index in [9.17, 15) is 32.6 Å². The number of rotatable bonds is 3. The van der Waals surface area contributed by atoms with E-state index in [1.54, 1.807) is 19.1 Å². The molecule has 5 nitrogen and oxygen atoms in total. The number of benzene rings is 2. The molecule has 4 rings (SSSR count). The van der Waals surface area contributed by atoms with Crippen LogP contribution >= 0.6 is 0 Å². The molecule has 1 aliphatic carbocycles. The Morgan fingerprint density at radius 1 is 1.19 bits per heavy atom. The number of halogens is 4. The lowest BCUT2D eigenvalue weighted by Gasteiger charge is -2.45. The maximum atomic E-state index is 14.2. The van der Waals surface area contributed by atoms with Crippen LogP contribution in [0, 0.1) is 5.82 Å². The Kier molecular flexibility index (Phi) is 4.96. The topological polar surface area (TPSA) is 85.4 Å². The first-order valence-electron chi connectivity index (χ1n) is 9.75. The van der Waals surface area contributed by atoms with E-state index in [2.05, 4.69) is 10.3 Å². The summed E-state index contributed by atoms with van der Waals surface area (Å²) in [5.74, 6) is -2.53. The molecule has 0 saturated heterocycles. The monoisotopic (exact) mass is 436 g/mol. The van der Waals surface area contributed by atoms with Gasteiger partial charge in [0.2, 0.25) is 5.56 Å². The molecule has 3 atom stereocenters. The normalized spacial score (nSPS) is 23.5. The van der Waals surface area contributed by atoms with Gasteiger partial charge >= 0.3 is 6.18 Å². The molecule has 0 aliphatic heterocycles. The van der Waals surface area contributed by atoms with Gasteiger partial charge in [0.1, 0.15) is 0 Å². The van der Waals surface area contributed by atoms with Crippen molar-refractivity contribution in [2.75, 3.05) is 5.32 Å². The molecule has 0 radical (unpaired) electrons. The number of hydrogen-bond acceptors (Lipinski definition) is 4. The van der Waals surface area contributed by atoms with Gasteiger partial charge in [-0.2, -0.15) is 13.2 Å². The van der Waals surface area contributed by atoms with E-state index in [4.69, 9.17) is 0 Å². The smallest absolute Gasteiger partial charge is 0.419 e. The quantitative estimate of drug-likeness (QED) is 0.448. The van der Waals surface area contributed by atoms with E-state index < -0.39 is 41.7 Å². The number of H-pyrrole nitrogens is 1. The number of aromatic hydroxyl groups is 1. The van der Waals surface area contributed by atoms with Crippen molar-refractivity contribution >= 4 is 16.6 Å². The van der Waals surface area contributed by atoms with Gasteiger partial charge in [-0.05, 0) is 48.6 Å². The average Bonchev–Trinajstić information content (AvgIpc) is 2.71. The molecule has 0 unspecified atom stereocenters. The standard InChI is InChI=1S/C22H20F4N2O3/c1-2-11-10-21(31,22(24,25)26)20(13-6-8-14(23)19(30)18(11)13)28-16-5-3-4-15-12(16)7-9-17(29)27-15/h3-9,11,20,28,30-31H,2,10H2,1H3,(H,27,29)/t11-,20-,21+/m0/s1. The third-order valence-corrected chi connectivity index (χ3v) is 6.00. The van der Waals surface area contributed by atoms with Crippen LogP contribution in [0.5, 0.6) is 5.75 Å². The van der Waals surface area contributed by atoms with Crippen molar-refractivity contribution in [3.63, 3.8) is 0 Å². The summed E-state index contributed by atoms with van der Waals surface area (Å²) in [5, 5.41) is 24.4. The third-order valence-electron chi connectivity index (χ3n) is 6.00. The number of pyridine rings is 1. The second-order valence-corrected chi connectivity index (χ2v) is 7.80. The lowest BCUT2D eigenvalue weighted by atomic mass is 9.69. The van der Waals surface area contributed by atoms with Crippen LogP contribution in [0.3, 0.4) is 0 Å². The molecule has 4 N–H and O–H groups in total. The third kappa shape index (κ3) is 3.33. The van der Waals surface area contributed by atoms with Gasteiger partial charge in [-0.3, -0.25) is 4.79 Å². The molecule has 2 aromatic carbocycles. The summed E-state index contributed by atoms with van der Waals surface area (Å²) in [6.45, 7) is 1.62. The van der Waals surface area contributed by atoms with Crippen LogP contribution < -0.4 is 10.9 Å². The Balaban J connectivity index is 1.94. The molecule has 0 saturated carbocycles. The van der Waals surface area contributed by atoms with E-state index in [1.165, 1.54) is 18.2 Å². The van der Waals surface area contributed by atoms with Crippen LogP contribution in [-0.2, 0) is 0 Å². The molecule has 3 aromatic rings. The van der Waals surface area contributed by atoms with Crippen LogP contribution in [0.15, 0.2) is 47.3 Å². The van der Waals surface area contributed by atoms with Gasteiger partial charge < -0.3 is 20.5 Å². The zero-order valence-corrected chi connectivity index (χ0v) is 16.4. The van der Waals surface area contributed by atoms with E-state index >= 15 is 0 Å². The number of phenols is 1. The van der Waals surface area contributed by atoms with Crippen molar-refractivity contribution in [2.45, 2.75) is 43.5 Å². The molecule has 1 aliphatic rings. The van der Waals surface area contributed by atoms with Crippen molar-refractivity contribution in [1.82, 2.24) is 4.98 Å². The molecule has 1 heterocycles. The Bertz CT molecular complexity index is 1210. The molecule has 9 heteroatoms.